The summed E-state index contributed by atoms with van der Waals surface area (Å²) in [5.41, 5.74) is 1.57. The van der Waals surface area contributed by atoms with Crippen LogP contribution in [0.5, 0.6) is 0 Å². The second-order valence-corrected chi connectivity index (χ2v) is 7.07. The minimum Gasteiger partial charge on any atom is -0.352 e. The number of hydrogen-bond donors (Lipinski definition) is 4. The van der Waals surface area contributed by atoms with Crippen molar-refractivity contribution >= 4 is 47.4 Å². The number of amides is 2. The molecule has 7 nitrogen and oxygen atoms in total. The Morgan fingerprint density at radius 2 is 1.67 bits per heavy atom. The fourth-order valence-electron chi connectivity index (χ4n) is 2.19. The molecule has 8 heteroatoms. The summed E-state index contributed by atoms with van der Waals surface area (Å²) in [5, 5.41) is 11.9. The number of nitrogens with one attached hydrogen (secondary N) is 4. The number of guanidine groups is 1. The van der Waals surface area contributed by atoms with Gasteiger partial charge in [0.15, 0.2) is 5.96 Å². The Bertz CT molecular complexity index is 624. The third-order valence-corrected chi connectivity index (χ3v) is 3.33. The van der Waals surface area contributed by atoms with Crippen LogP contribution in [-0.4, -0.2) is 36.9 Å². The highest BCUT2D eigenvalue weighted by Crippen LogP contribution is 2.10. The predicted molar refractivity (Wildman–Crippen MR) is 121 cm³/mol. The van der Waals surface area contributed by atoms with Crippen LogP contribution in [0.4, 0.5) is 5.69 Å². The zero-order valence-corrected chi connectivity index (χ0v) is 19.1. The summed E-state index contributed by atoms with van der Waals surface area (Å²) in [6.45, 7) is 8.50. The van der Waals surface area contributed by atoms with Gasteiger partial charge >= 0.3 is 0 Å². The van der Waals surface area contributed by atoms with Crippen LogP contribution < -0.4 is 21.3 Å². The van der Waals surface area contributed by atoms with Crippen LogP contribution in [0.3, 0.4) is 0 Å². The maximum atomic E-state index is 11.8. The lowest BCUT2D eigenvalue weighted by molar-refractivity contribution is -0.121. The predicted octanol–water partition coefficient (Wildman–Crippen LogP) is 2.62. The molecule has 27 heavy (non-hydrogen) atoms. The molecule has 0 unspecified atom stereocenters. The van der Waals surface area contributed by atoms with Gasteiger partial charge in [0.1, 0.15) is 0 Å². The number of hydrogen-bond acceptors (Lipinski definition) is 3. The molecule has 0 atom stereocenters. The van der Waals surface area contributed by atoms with Gasteiger partial charge in [-0.1, -0.05) is 19.1 Å². The van der Waals surface area contributed by atoms with E-state index < -0.39 is 0 Å². The first-order chi connectivity index (χ1) is 12.2. The Morgan fingerprint density at radius 3 is 2.19 bits per heavy atom. The van der Waals surface area contributed by atoms with Gasteiger partial charge in [-0.25, -0.2) is 0 Å². The third-order valence-electron chi connectivity index (χ3n) is 3.33. The fourth-order valence-corrected chi connectivity index (χ4v) is 2.19. The van der Waals surface area contributed by atoms with Crippen LogP contribution >= 0.6 is 24.0 Å². The highest BCUT2D eigenvalue weighted by molar-refractivity contribution is 14.0. The summed E-state index contributed by atoms with van der Waals surface area (Å²) >= 11 is 0. The SMILES string of the molecule is CCCC(=O)Nc1ccc(CNC(=NC)NCC(=O)NC(C)(C)C)cc1.I. The van der Waals surface area contributed by atoms with E-state index in [1.165, 1.54) is 0 Å². The largest absolute Gasteiger partial charge is 0.352 e. The maximum Gasteiger partial charge on any atom is 0.239 e. The van der Waals surface area contributed by atoms with Crippen molar-refractivity contribution < 1.29 is 9.59 Å². The number of carbonyl (C=O) groups excluding carboxylic acids is 2. The van der Waals surface area contributed by atoms with Crippen molar-refractivity contribution in [2.24, 2.45) is 4.99 Å². The molecule has 0 aromatic heterocycles. The molecule has 4 N–H and O–H groups in total. The molecule has 0 heterocycles. The first kappa shape index (κ1) is 25.2. The highest BCUT2D eigenvalue weighted by Gasteiger charge is 2.13. The summed E-state index contributed by atoms with van der Waals surface area (Å²) < 4.78 is 0. The monoisotopic (exact) mass is 489 g/mol. The Hall–Kier alpha value is -1.84. The third kappa shape index (κ3) is 11.5. The van der Waals surface area contributed by atoms with Gasteiger partial charge in [0.2, 0.25) is 11.8 Å². The van der Waals surface area contributed by atoms with E-state index in [9.17, 15) is 9.59 Å². The number of rotatable bonds is 7. The van der Waals surface area contributed by atoms with Crippen LogP contribution in [0.2, 0.25) is 0 Å². The number of carbonyl (C=O) groups is 2. The quantitative estimate of drug-likeness (QED) is 0.269. The van der Waals surface area contributed by atoms with Crippen LogP contribution in [0, 0.1) is 0 Å². The molecule has 0 aliphatic carbocycles. The average Bonchev–Trinajstić information content (AvgIpc) is 2.55. The topological polar surface area (TPSA) is 94.6 Å². The van der Waals surface area contributed by atoms with Gasteiger partial charge in [-0.2, -0.15) is 0 Å². The van der Waals surface area contributed by atoms with Gasteiger partial charge in [-0.3, -0.25) is 14.6 Å². The molecule has 1 aromatic carbocycles. The van der Waals surface area contributed by atoms with Gasteiger partial charge in [0.25, 0.3) is 0 Å². The number of aliphatic imine (C=N–C) groups is 1. The van der Waals surface area contributed by atoms with Crippen molar-refractivity contribution in [1.29, 1.82) is 0 Å². The van der Waals surface area contributed by atoms with E-state index >= 15 is 0 Å². The molecule has 152 valence electrons. The van der Waals surface area contributed by atoms with Crippen LogP contribution in [0.1, 0.15) is 46.1 Å². The van der Waals surface area contributed by atoms with Gasteiger partial charge in [-0.05, 0) is 44.9 Å². The fraction of sp³-hybridized carbons (Fsp3) is 0.526. The van der Waals surface area contributed by atoms with E-state index in [0.717, 1.165) is 17.7 Å². The first-order valence-corrected chi connectivity index (χ1v) is 8.88. The molecule has 2 amide bonds. The van der Waals surface area contributed by atoms with Crippen LogP contribution in [-0.2, 0) is 16.1 Å². The molecule has 1 aromatic rings. The molecule has 0 saturated carbocycles. The number of anilines is 1. The molecule has 0 aliphatic rings. The van der Waals surface area contributed by atoms with E-state index in [1.807, 2.05) is 52.0 Å². The van der Waals surface area contributed by atoms with E-state index in [4.69, 9.17) is 0 Å². The molecule has 0 spiro atoms. The van der Waals surface area contributed by atoms with Crippen molar-refractivity contribution in [3.63, 3.8) is 0 Å². The average molecular weight is 489 g/mol. The molecule has 0 bridgehead atoms. The van der Waals surface area contributed by atoms with Gasteiger partial charge in [0.05, 0.1) is 6.54 Å². The van der Waals surface area contributed by atoms with Crippen molar-refractivity contribution in [2.75, 3.05) is 18.9 Å². The number of halogens is 1. The lowest BCUT2D eigenvalue weighted by Crippen LogP contribution is -2.48. The van der Waals surface area contributed by atoms with Gasteiger partial charge in [-0.15, -0.1) is 24.0 Å². The van der Waals surface area contributed by atoms with Crippen molar-refractivity contribution in [3.05, 3.63) is 29.8 Å². The minimum atomic E-state index is -0.260. The summed E-state index contributed by atoms with van der Waals surface area (Å²) in [4.78, 5) is 27.5. The Balaban J connectivity index is 0.00000676. The summed E-state index contributed by atoms with van der Waals surface area (Å²) in [5.74, 6) is 0.485. The molecular formula is C19H32IN5O2. The van der Waals surface area contributed by atoms with E-state index in [0.29, 0.717) is 18.9 Å². The highest BCUT2D eigenvalue weighted by atomic mass is 127. The van der Waals surface area contributed by atoms with Crippen molar-refractivity contribution in [1.82, 2.24) is 16.0 Å². The van der Waals surface area contributed by atoms with E-state index in [-0.39, 0.29) is 47.9 Å². The second-order valence-electron chi connectivity index (χ2n) is 7.07. The molecular weight excluding hydrogens is 457 g/mol. The minimum absolute atomic E-state index is 0. The lowest BCUT2D eigenvalue weighted by Gasteiger charge is -2.21. The molecule has 0 radical (unpaired) electrons. The second kappa shape index (κ2) is 12.5. The molecule has 0 fully saturated rings. The molecule has 0 aliphatic heterocycles. The Morgan fingerprint density at radius 1 is 1.04 bits per heavy atom. The Labute approximate surface area is 179 Å². The zero-order valence-electron chi connectivity index (χ0n) is 16.8. The lowest BCUT2D eigenvalue weighted by atomic mass is 10.1. The molecule has 0 saturated heterocycles. The van der Waals surface area contributed by atoms with Crippen molar-refractivity contribution in [2.45, 2.75) is 52.6 Å². The summed E-state index contributed by atoms with van der Waals surface area (Å²) in [6, 6.07) is 7.62. The number of nitrogens with zero attached hydrogens (tertiary/aromatic N) is 1. The summed E-state index contributed by atoms with van der Waals surface area (Å²) in [7, 11) is 1.66. The van der Waals surface area contributed by atoms with Crippen molar-refractivity contribution in [3.8, 4) is 0 Å². The standard InChI is InChI=1S/C19H31N5O2.HI/c1-6-7-16(25)23-15-10-8-14(9-11-15)12-21-18(20-5)22-13-17(26)24-19(2,3)4;/h8-11H,6-7,12-13H2,1-5H3,(H,23,25)(H,24,26)(H2,20,21,22);1H. The maximum absolute atomic E-state index is 11.8. The van der Waals surface area contributed by atoms with Crippen LogP contribution in [0.25, 0.3) is 0 Å². The summed E-state index contributed by atoms with van der Waals surface area (Å²) in [6.07, 6.45) is 1.35. The first-order valence-electron chi connectivity index (χ1n) is 8.88. The van der Waals surface area contributed by atoms with Crippen LogP contribution in [0.15, 0.2) is 29.3 Å². The van der Waals surface area contributed by atoms with Gasteiger partial charge in [0, 0.05) is 31.2 Å². The van der Waals surface area contributed by atoms with E-state index in [2.05, 4.69) is 26.3 Å². The smallest absolute Gasteiger partial charge is 0.239 e. The van der Waals surface area contributed by atoms with E-state index in [1.54, 1.807) is 7.05 Å². The zero-order chi connectivity index (χ0) is 19.6. The normalized spacial score (nSPS) is 11.2. The Kier molecular flexibility index (Phi) is 11.7. The van der Waals surface area contributed by atoms with Gasteiger partial charge < -0.3 is 21.3 Å². The number of benzene rings is 1. The molecule has 1 rings (SSSR count).